The molecule has 2 aliphatic carbocycles. The molecule has 0 aromatic heterocycles. The summed E-state index contributed by atoms with van der Waals surface area (Å²) >= 11 is 0. The van der Waals surface area contributed by atoms with Crippen LogP contribution in [0, 0.1) is 34.0 Å². The number of allylic oxidation sites excluding steroid dienone is 3. The number of nitrogens with zero attached hydrogens (tertiary/aromatic N) is 2. The van der Waals surface area contributed by atoms with E-state index >= 15 is 0 Å². The van der Waals surface area contributed by atoms with Gasteiger partial charge in [0.2, 0.25) is 5.41 Å². The summed E-state index contributed by atoms with van der Waals surface area (Å²) in [6.07, 6.45) is 3.49. The number of carbonyl (C=O) groups is 1. The van der Waals surface area contributed by atoms with E-state index in [1.807, 2.05) is 30.3 Å². The summed E-state index contributed by atoms with van der Waals surface area (Å²) in [6, 6.07) is 13.9. The second-order valence-corrected chi connectivity index (χ2v) is 7.41. The Kier molecular flexibility index (Phi) is 5.56. The molecule has 0 unspecified atom stereocenters. The smallest absolute Gasteiger partial charge is 0.333 e. The van der Waals surface area contributed by atoms with Crippen LogP contribution in [0.3, 0.4) is 0 Å². The molecule has 3 atom stereocenters. The van der Waals surface area contributed by atoms with Crippen LogP contribution in [-0.2, 0) is 9.53 Å². The normalized spacial score (nSPS) is 26.9. The van der Waals surface area contributed by atoms with Crippen molar-refractivity contribution in [1.29, 1.82) is 10.5 Å². The highest BCUT2D eigenvalue weighted by molar-refractivity contribution is 5.88. The lowest BCUT2D eigenvalue weighted by molar-refractivity contribution is -0.151. The third kappa shape index (κ3) is 2.88. The molecule has 5 heteroatoms. The number of nitrogens with two attached hydrogens (primary N) is 1. The molecule has 144 valence electrons. The average molecular weight is 375 g/mol. The molecule has 0 radical (unpaired) electrons. The van der Waals surface area contributed by atoms with Gasteiger partial charge in [0.05, 0.1) is 23.9 Å². The van der Waals surface area contributed by atoms with Gasteiger partial charge in [0, 0.05) is 5.92 Å². The zero-order valence-corrected chi connectivity index (χ0v) is 16.4. The molecule has 0 fully saturated rings. The number of hydrogen-bond donors (Lipinski definition) is 1. The van der Waals surface area contributed by atoms with Crippen LogP contribution in [-0.4, -0.2) is 12.6 Å². The van der Waals surface area contributed by atoms with Gasteiger partial charge in [0.15, 0.2) is 0 Å². The highest BCUT2D eigenvalue weighted by Crippen LogP contribution is 2.56. The van der Waals surface area contributed by atoms with Crippen molar-refractivity contribution in [1.82, 2.24) is 0 Å². The minimum absolute atomic E-state index is 0.0264. The van der Waals surface area contributed by atoms with Crippen molar-refractivity contribution >= 4 is 5.97 Å². The van der Waals surface area contributed by atoms with E-state index in [1.165, 1.54) is 0 Å². The lowest BCUT2D eigenvalue weighted by Gasteiger charge is -2.43. The summed E-state index contributed by atoms with van der Waals surface area (Å²) in [5.41, 5.74) is 7.75. The fourth-order valence-corrected chi connectivity index (χ4v) is 4.62. The van der Waals surface area contributed by atoms with Gasteiger partial charge in [0.25, 0.3) is 0 Å². The molecule has 0 spiro atoms. The first-order chi connectivity index (χ1) is 13.5. The summed E-state index contributed by atoms with van der Waals surface area (Å²) in [5, 5.41) is 20.1. The molecule has 1 aromatic rings. The zero-order chi connectivity index (χ0) is 20.3. The van der Waals surface area contributed by atoms with E-state index in [9.17, 15) is 15.3 Å². The molecule has 3 rings (SSSR count). The summed E-state index contributed by atoms with van der Waals surface area (Å²) in [4.78, 5) is 13.1. The number of ether oxygens (including phenoxy) is 1. The highest BCUT2D eigenvalue weighted by Gasteiger charge is 2.57. The van der Waals surface area contributed by atoms with Crippen molar-refractivity contribution in [3.05, 3.63) is 58.3 Å². The first-order valence-corrected chi connectivity index (χ1v) is 9.81. The van der Waals surface area contributed by atoms with Crippen molar-refractivity contribution in [3.63, 3.8) is 0 Å². The Morgan fingerprint density at radius 1 is 1.29 bits per heavy atom. The molecule has 0 aliphatic heterocycles. The van der Waals surface area contributed by atoms with E-state index in [-0.39, 0.29) is 17.9 Å². The second-order valence-electron chi connectivity index (χ2n) is 7.41. The number of nitriles is 2. The van der Waals surface area contributed by atoms with Crippen LogP contribution in [0.5, 0.6) is 0 Å². The van der Waals surface area contributed by atoms with E-state index in [0.717, 1.165) is 42.4 Å². The number of rotatable bonds is 4. The van der Waals surface area contributed by atoms with Crippen LogP contribution in [0.15, 0.2) is 52.7 Å². The summed E-state index contributed by atoms with van der Waals surface area (Å²) in [5.74, 6) is -0.760. The minimum atomic E-state index is -1.73. The van der Waals surface area contributed by atoms with E-state index in [0.29, 0.717) is 5.92 Å². The Hall–Kier alpha value is -3.05. The molecule has 0 heterocycles. The maximum absolute atomic E-state index is 13.1. The summed E-state index contributed by atoms with van der Waals surface area (Å²) in [7, 11) is 0. The van der Waals surface area contributed by atoms with E-state index < -0.39 is 17.3 Å². The third-order valence-corrected chi connectivity index (χ3v) is 6.07. The predicted molar refractivity (Wildman–Crippen MR) is 105 cm³/mol. The molecular formula is C23H25N3O2. The van der Waals surface area contributed by atoms with Gasteiger partial charge in [-0.05, 0) is 43.2 Å². The lowest BCUT2D eigenvalue weighted by atomic mass is 9.58. The van der Waals surface area contributed by atoms with Crippen molar-refractivity contribution in [2.45, 2.75) is 45.4 Å². The number of hydrogen-bond acceptors (Lipinski definition) is 5. The van der Waals surface area contributed by atoms with Gasteiger partial charge in [-0.2, -0.15) is 10.5 Å². The van der Waals surface area contributed by atoms with Gasteiger partial charge in [-0.1, -0.05) is 49.2 Å². The van der Waals surface area contributed by atoms with Gasteiger partial charge in [-0.15, -0.1) is 0 Å². The van der Waals surface area contributed by atoms with Crippen LogP contribution in [0.4, 0.5) is 0 Å². The fraction of sp³-hybridized carbons (Fsp3) is 0.435. The van der Waals surface area contributed by atoms with Crippen molar-refractivity contribution in [3.8, 4) is 12.1 Å². The van der Waals surface area contributed by atoms with Crippen LogP contribution in [0.1, 0.15) is 51.0 Å². The van der Waals surface area contributed by atoms with Gasteiger partial charge in [-0.3, -0.25) is 0 Å². The van der Waals surface area contributed by atoms with E-state index in [4.69, 9.17) is 10.5 Å². The monoisotopic (exact) mass is 375 g/mol. The van der Waals surface area contributed by atoms with Crippen LogP contribution in [0.25, 0.3) is 0 Å². The molecular weight excluding hydrogens is 350 g/mol. The van der Waals surface area contributed by atoms with Gasteiger partial charge >= 0.3 is 5.97 Å². The Labute approximate surface area is 166 Å². The molecule has 28 heavy (non-hydrogen) atoms. The topological polar surface area (TPSA) is 99.9 Å². The summed E-state index contributed by atoms with van der Waals surface area (Å²) < 4.78 is 5.32. The maximum Gasteiger partial charge on any atom is 0.333 e. The highest BCUT2D eigenvalue weighted by atomic mass is 16.5. The first-order valence-electron chi connectivity index (χ1n) is 9.81. The average Bonchev–Trinajstić information content (AvgIpc) is 2.73. The number of esters is 1. The minimum Gasteiger partial charge on any atom is -0.464 e. The number of benzene rings is 1. The Morgan fingerprint density at radius 3 is 2.57 bits per heavy atom. The van der Waals surface area contributed by atoms with Crippen molar-refractivity contribution in [2.75, 3.05) is 6.61 Å². The summed E-state index contributed by atoms with van der Waals surface area (Å²) in [6.45, 7) is 3.99. The quantitative estimate of drug-likeness (QED) is 0.799. The third-order valence-electron chi connectivity index (χ3n) is 6.07. The van der Waals surface area contributed by atoms with E-state index in [1.54, 1.807) is 6.92 Å². The predicted octanol–water partition coefficient (Wildman–Crippen LogP) is 4.10. The molecule has 2 aliphatic rings. The fourth-order valence-electron chi connectivity index (χ4n) is 4.62. The van der Waals surface area contributed by atoms with E-state index in [2.05, 4.69) is 19.1 Å². The van der Waals surface area contributed by atoms with Crippen molar-refractivity contribution < 1.29 is 9.53 Å². The van der Waals surface area contributed by atoms with Crippen LogP contribution < -0.4 is 5.73 Å². The molecule has 2 N–H and O–H groups in total. The first kappa shape index (κ1) is 19.7. The lowest BCUT2D eigenvalue weighted by Crippen LogP contribution is -2.46. The second kappa shape index (κ2) is 7.90. The van der Waals surface area contributed by atoms with Gasteiger partial charge < -0.3 is 10.5 Å². The van der Waals surface area contributed by atoms with Crippen molar-refractivity contribution in [2.24, 2.45) is 17.1 Å². The molecule has 5 nitrogen and oxygen atoms in total. The Morgan fingerprint density at radius 2 is 2.00 bits per heavy atom. The Balaban J connectivity index is 2.33. The molecule has 0 saturated heterocycles. The Bertz CT molecular complexity index is 917. The molecule has 0 saturated carbocycles. The molecule has 0 amide bonds. The number of carbonyl (C=O) groups excluding carboxylic acids is 1. The van der Waals surface area contributed by atoms with Gasteiger partial charge in [-0.25, -0.2) is 4.79 Å². The van der Waals surface area contributed by atoms with Gasteiger partial charge in [0.1, 0.15) is 6.07 Å². The zero-order valence-electron chi connectivity index (χ0n) is 16.4. The maximum atomic E-state index is 13.1. The van der Waals surface area contributed by atoms with Crippen LogP contribution >= 0.6 is 0 Å². The molecule has 0 bridgehead atoms. The van der Waals surface area contributed by atoms with Crippen LogP contribution in [0.2, 0.25) is 0 Å². The SMILES string of the molecule is CCOC(=O)[C@]1(C#N)C(N)=C(C#N)C2=C(C[C@H](CC)CC2)[C@H]1c1ccccc1. The molecule has 1 aromatic carbocycles. The largest absolute Gasteiger partial charge is 0.464 e. The standard InChI is InChI=1S/C23H25N3O2/c1-3-15-10-11-17-18(12-15)20(16-8-6-5-7-9-16)23(14-25,22(27)28-4-2)21(26)19(17)13-24/h5-9,15,20H,3-4,10-12,26H2,1-2H3/t15-,20-,23+/m1/s1.